The van der Waals surface area contributed by atoms with Gasteiger partial charge in [-0.3, -0.25) is 4.79 Å². The van der Waals surface area contributed by atoms with E-state index in [0.717, 1.165) is 5.56 Å². The van der Waals surface area contributed by atoms with E-state index in [1.165, 1.54) is 6.07 Å². The van der Waals surface area contributed by atoms with Crippen LogP contribution in [0.3, 0.4) is 0 Å². The first kappa shape index (κ1) is 15.9. The first-order chi connectivity index (χ1) is 11.7. The molecular formula is C18H16FN3O2. The molecule has 0 radical (unpaired) electrons. The molecular weight excluding hydrogens is 309 g/mol. The highest BCUT2D eigenvalue weighted by Gasteiger charge is 2.12. The zero-order valence-corrected chi connectivity index (χ0v) is 12.9. The molecule has 1 amide bonds. The molecule has 0 saturated heterocycles. The second-order valence-corrected chi connectivity index (χ2v) is 5.25. The lowest BCUT2D eigenvalue weighted by Crippen LogP contribution is -2.23. The normalized spacial score (nSPS) is 10.5. The molecule has 6 heteroatoms. The van der Waals surface area contributed by atoms with Gasteiger partial charge < -0.3 is 9.84 Å². The van der Waals surface area contributed by atoms with Gasteiger partial charge in [-0.1, -0.05) is 47.6 Å². The van der Waals surface area contributed by atoms with Gasteiger partial charge in [0.1, 0.15) is 5.82 Å². The first-order valence-electron chi connectivity index (χ1n) is 7.60. The van der Waals surface area contributed by atoms with E-state index < -0.39 is 5.82 Å². The van der Waals surface area contributed by atoms with Crippen molar-refractivity contribution in [1.29, 1.82) is 0 Å². The summed E-state index contributed by atoms with van der Waals surface area (Å²) in [5, 5.41) is 6.46. The van der Waals surface area contributed by atoms with E-state index in [1.54, 1.807) is 18.2 Å². The third kappa shape index (κ3) is 4.04. The van der Waals surface area contributed by atoms with Gasteiger partial charge in [-0.2, -0.15) is 4.98 Å². The Morgan fingerprint density at radius 3 is 2.62 bits per heavy atom. The molecule has 0 unspecified atom stereocenters. The topological polar surface area (TPSA) is 68.0 Å². The SMILES string of the molecule is O=C(CCc1ccccc1)NCc1nc(-c2ccccc2F)no1. The lowest BCUT2D eigenvalue weighted by atomic mass is 10.1. The Labute approximate surface area is 138 Å². The number of hydrogen-bond donors (Lipinski definition) is 1. The number of nitrogens with zero attached hydrogens (tertiary/aromatic N) is 2. The standard InChI is InChI=1S/C18H16FN3O2/c19-15-9-5-4-8-14(15)18-21-17(24-22-18)12-20-16(23)11-10-13-6-2-1-3-7-13/h1-9H,10-12H2,(H,20,23). The second-order valence-electron chi connectivity index (χ2n) is 5.25. The van der Waals surface area contributed by atoms with E-state index in [0.29, 0.717) is 12.8 Å². The predicted octanol–water partition coefficient (Wildman–Crippen LogP) is 3.12. The molecule has 0 atom stereocenters. The van der Waals surface area contributed by atoms with Crippen LogP contribution in [0.2, 0.25) is 0 Å². The number of carbonyl (C=O) groups excluding carboxylic acids is 1. The summed E-state index contributed by atoms with van der Waals surface area (Å²) >= 11 is 0. The summed E-state index contributed by atoms with van der Waals surface area (Å²) in [4.78, 5) is 16.0. The zero-order chi connectivity index (χ0) is 16.8. The molecule has 1 heterocycles. The van der Waals surface area contributed by atoms with Crippen LogP contribution in [0.25, 0.3) is 11.4 Å². The van der Waals surface area contributed by atoms with E-state index >= 15 is 0 Å². The largest absolute Gasteiger partial charge is 0.347 e. The second kappa shape index (κ2) is 7.50. The molecule has 3 aromatic rings. The van der Waals surface area contributed by atoms with Crippen LogP contribution in [-0.2, 0) is 17.8 Å². The monoisotopic (exact) mass is 325 g/mol. The molecule has 0 aliphatic heterocycles. The number of carbonyl (C=O) groups is 1. The maximum atomic E-state index is 13.7. The minimum Gasteiger partial charge on any atom is -0.347 e. The maximum Gasteiger partial charge on any atom is 0.246 e. The number of aromatic nitrogens is 2. The van der Waals surface area contributed by atoms with Crippen LogP contribution in [0.15, 0.2) is 59.1 Å². The average Bonchev–Trinajstić information content (AvgIpc) is 3.08. The zero-order valence-electron chi connectivity index (χ0n) is 12.9. The van der Waals surface area contributed by atoms with Gasteiger partial charge >= 0.3 is 0 Å². The summed E-state index contributed by atoms with van der Waals surface area (Å²) < 4.78 is 18.7. The number of benzene rings is 2. The third-order valence-electron chi connectivity index (χ3n) is 3.50. The average molecular weight is 325 g/mol. The predicted molar refractivity (Wildman–Crippen MR) is 86.3 cm³/mol. The van der Waals surface area contributed by atoms with Gasteiger partial charge in [0.15, 0.2) is 0 Å². The molecule has 0 fully saturated rings. The fourth-order valence-corrected chi connectivity index (χ4v) is 2.24. The Morgan fingerprint density at radius 1 is 1.08 bits per heavy atom. The van der Waals surface area contributed by atoms with Gasteiger partial charge in [0.05, 0.1) is 12.1 Å². The van der Waals surface area contributed by atoms with Crippen LogP contribution in [0, 0.1) is 5.82 Å². The molecule has 0 bridgehead atoms. The van der Waals surface area contributed by atoms with Gasteiger partial charge in [-0.25, -0.2) is 4.39 Å². The number of aryl methyl sites for hydroxylation is 1. The van der Waals surface area contributed by atoms with Crippen molar-refractivity contribution in [2.45, 2.75) is 19.4 Å². The van der Waals surface area contributed by atoms with E-state index in [2.05, 4.69) is 15.5 Å². The fraction of sp³-hybridized carbons (Fsp3) is 0.167. The molecule has 122 valence electrons. The van der Waals surface area contributed by atoms with Gasteiger partial charge in [0.2, 0.25) is 17.6 Å². The van der Waals surface area contributed by atoms with Crippen LogP contribution in [-0.4, -0.2) is 16.0 Å². The molecule has 5 nitrogen and oxygen atoms in total. The number of halogens is 1. The van der Waals surface area contributed by atoms with Gasteiger partial charge in [-0.05, 0) is 24.1 Å². The number of amides is 1. The maximum absolute atomic E-state index is 13.7. The Balaban J connectivity index is 1.52. The highest BCUT2D eigenvalue weighted by Crippen LogP contribution is 2.19. The molecule has 0 aliphatic carbocycles. The van der Waals surface area contributed by atoms with Crippen LogP contribution in [0.1, 0.15) is 17.9 Å². The van der Waals surface area contributed by atoms with E-state index in [9.17, 15) is 9.18 Å². The Morgan fingerprint density at radius 2 is 1.83 bits per heavy atom. The summed E-state index contributed by atoms with van der Waals surface area (Å²) in [5.41, 5.74) is 1.37. The number of rotatable bonds is 6. The van der Waals surface area contributed by atoms with E-state index in [4.69, 9.17) is 4.52 Å². The first-order valence-corrected chi connectivity index (χ1v) is 7.60. The highest BCUT2D eigenvalue weighted by atomic mass is 19.1. The molecule has 1 aromatic heterocycles. The smallest absolute Gasteiger partial charge is 0.246 e. The van der Waals surface area contributed by atoms with Crippen LogP contribution in [0.5, 0.6) is 0 Å². The van der Waals surface area contributed by atoms with E-state index in [-0.39, 0.29) is 29.7 Å². The molecule has 1 N–H and O–H groups in total. The Bertz CT molecular complexity index is 818. The fourth-order valence-electron chi connectivity index (χ4n) is 2.24. The van der Waals surface area contributed by atoms with E-state index in [1.807, 2.05) is 30.3 Å². The van der Waals surface area contributed by atoms with Gasteiger partial charge in [0.25, 0.3) is 0 Å². The molecule has 0 aliphatic rings. The highest BCUT2D eigenvalue weighted by molar-refractivity contribution is 5.76. The van der Waals surface area contributed by atoms with Crippen molar-refractivity contribution < 1.29 is 13.7 Å². The molecule has 0 saturated carbocycles. The molecule has 24 heavy (non-hydrogen) atoms. The van der Waals surface area contributed by atoms with Crippen molar-refractivity contribution in [2.24, 2.45) is 0 Å². The van der Waals surface area contributed by atoms with Crippen molar-refractivity contribution in [3.05, 3.63) is 71.9 Å². The molecule has 0 spiro atoms. The number of nitrogens with one attached hydrogen (secondary N) is 1. The van der Waals surface area contributed by atoms with Crippen LogP contribution >= 0.6 is 0 Å². The van der Waals surface area contributed by atoms with Crippen LogP contribution < -0.4 is 5.32 Å². The van der Waals surface area contributed by atoms with Crippen molar-refractivity contribution in [1.82, 2.24) is 15.5 Å². The van der Waals surface area contributed by atoms with Gasteiger partial charge in [0, 0.05) is 6.42 Å². The van der Waals surface area contributed by atoms with Gasteiger partial charge in [-0.15, -0.1) is 0 Å². The lowest BCUT2D eigenvalue weighted by molar-refractivity contribution is -0.121. The van der Waals surface area contributed by atoms with Crippen molar-refractivity contribution >= 4 is 5.91 Å². The summed E-state index contributed by atoms with van der Waals surface area (Å²) in [5.74, 6) is -0.121. The summed E-state index contributed by atoms with van der Waals surface area (Å²) in [6, 6.07) is 16.0. The summed E-state index contributed by atoms with van der Waals surface area (Å²) in [6.45, 7) is 0.120. The van der Waals surface area contributed by atoms with Crippen LogP contribution in [0.4, 0.5) is 4.39 Å². The molecule has 3 rings (SSSR count). The van der Waals surface area contributed by atoms with Crippen molar-refractivity contribution in [3.8, 4) is 11.4 Å². The minimum absolute atomic E-state index is 0.107. The molecule has 2 aromatic carbocycles. The minimum atomic E-state index is -0.420. The third-order valence-corrected chi connectivity index (χ3v) is 3.50. The summed E-state index contributed by atoms with van der Waals surface area (Å²) in [7, 11) is 0. The Hall–Kier alpha value is -3.02. The number of hydrogen-bond acceptors (Lipinski definition) is 4. The quantitative estimate of drug-likeness (QED) is 0.756. The van der Waals surface area contributed by atoms with Crippen molar-refractivity contribution in [2.75, 3.05) is 0 Å². The lowest BCUT2D eigenvalue weighted by Gasteiger charge is -2.02. The van der Waals surface area contributed by atoms with Crippen molar-refractivity contribution in [3.63, 3.8) is 0 Å². The summed E-state index contributed by atoms with van der Waals surface area (Å²) in [6.07, 6.45) is 1.04. The Kier molecular flexibility index (Phi) is 4.96.